The first kappa shape index (κ1) is 13.9. The summed E-state index contributed by atoms with van der Waals surface area (Å²) in [7, 11) is 0. The Labute approximate surface area is 119 Å². The summed E-state index contributed by atoms with van der Waals surface area (Å²) in [6.45, 7) is 0.494. The standard InChI is InChI=1S/C14H13F3N2O2/c15-10-4-3-9(12(16)13(10)17)14(21)18-5-6-19(8-1-2-8)11(20)7-18/h3-4,8H,1-2,5-7H2. The molecular weight excluding hydrogens is 285 g/mol. The zero-order chi connectivity index (χ0) is 15.1. The highest BCUT2D eigenvalue weighted by Gasteiger charge is 2.37. The SMILES string of the molecule is O=C(c1ccc(F)c(F)c1F)N1CCN(C2CC2)C(=O)C1. The van der Waals surface area contributed by atoms with E-state index in [9.17, 15) is 22.8 Å². The number of amides is 2. The van der Waals surface area contributed by atoms with E-state index < -0.39 is 28.9 Å². The van der Waals surface area contributed by atoms with Crippen LogP contribution in [-0.2, 0) is 4.79 Å². The Bertz CT molecular complexity index is 616. The van der Waals surface area contributed by atoms with E-state index >= 15 is 0 Å². The van der Waals surface area contributed by atoms with E-state index in [0.29, 0.717) is 12.6 Å². The molecule has 112 valence electrons. The zero-order valence-corrected chi connectivity index (χ0v) is 11.1. The Balaban J connectivity index is 1.77. The molecule has 1 aromatic carbocycles. The van der Waals surface area contributed by atoms with Crippen LogP contribution in [0.2, 0.25) is 0 Å². The van der Waals surface area contributed by atoms with Crippen LogP contribution in [0.15, 0.2) is 12.1 Å². The molecule has 0 atom stereocenters. The Hall–Kier alpha value is -2.05. The maximum atomic E-state index is 13.6. The number of rotatable bonds is 2. The van der Waals surface area contributed by atoms with Crippen molar-refractivity contribution in [3.63, 3.8) is 0 Å². The van der Waals surface area contributed by atoms with Gasteiger partial charge in [-0.25, -0.2) is 13.2 Å². The predicted octanol–water partition coefficient (Wildman–Crippen LogP) is 1.55. The van der Waals surface area contributed by atoms with E-state index in [1.54, 1.807) is 4.90 Å². The molecule has 1 saturated carbocycles. The van der Waals surface area contributed by atoms with E-state index in [-0.39, 0.29) is 25.0 Å². The molecule has 1 aromatic rings. The highest BCUT2D eigenvalue weighted by Crippen LogP contribution is 2.28. The number of halogens is 3. The third kappa shape index (κ3) is 2.48. The summed E-state index contributed by atoms with van der Waals surface area (Å²) in [5.41, 5.74) is -0.554. The van der Waals surface area contributed by atoms with Crippen LogP contribution >= 0.6 is 0 Å². The summed E-state index contributed by atoms with van der Waals surface area (Å²) in [5.74, 6) is -5.53. The molecule has 0 N–H and O–H groups in total. The second kappa shape index (κ2) is 5.05. The van der Waals surface area contributed by atoms with Crippen molar-refractivity contribution in [1.29, 1.82) is 0 Å². The molecule has 2 aliphatic rings. The Morgan fingerprint density at radius 1 is 1.10 bits per heavy atom. The third-order valence-electron chi connectivity index (χ3n) is 3.80. The molecule has 1 aliphatic carbocycles. The van der Waals surface area contributed by atoms with Crippen molar-refractivity contribution in [2.75, 3.05) is 19.6 Å². The minimum Gasteiger partial charge on any atom is -0.336 e. The Morgan fingerprint density at radius 2 is 1.81 bits per heavy atom. The van der Waals surface area contributed by atoms with Crippen LogP contribution in [-0.4, -0.2) is 47.3 Å². The number of carbonyl (C=O) groups is 2. The molecule has 7 heteroatoms. The molecule has 0 unspecified atom stereocenters. The predicted molar refractivity (Wildman–Crippen MR) is 67.0 cm³/mol. The van der Waals surface area contributed by atoms with Crippen molar-refractivity contribution in [1.82, 2.24) is 9.80 Å². The second-order valence-corrected chi connectivity index (χ2v) is 5.27. The first-order valence-corrected chi connectivity index (χ1v) is 6.71. The van der Waals surface area contributed by atoms with Gasteiger partial charge < -0.3 is 9.80 Å². The van der Waals surface area contributed by atoms with Gasteiger partial charge in [-0.05, 0) is 25.0 Å². The topological polar surface area (TPSA) is 40.6 Å². The minimum atomic E-state index is -1.68. The minimum absolute atomic E-state index is 0.159. The quantitative estimate of drug-likeness (QED) is 0.777. The highest BCUT2D eigenvalue weighted by atomic mass is 19.2. The fourth-order valence-corrected chi connectivity index (χ4v) is 2.49. The summed E-state index contributed by atoms with van der Waals surface area (Å²) in [6, 6.07) is 1.86. The van der Waals surface area contributed by atoms with Crippen molar-refractivity contribution in [3.8, 4) is 0 Å². The molecule has 3 rings (SSSR count). The van der Waals surface area contributed by atoms with Crippen molar-refractivity contribution >= 4 is 11.8 Å². The van der Waals surface area contributed by atoms with Crippen LogP contribution in [0.3, 0.4) is 0 Å². The summed E-state index contributed by atoms with van der Waals surface area (Å²) < 4.78 is 39.7. The Kier molecular flexibility index (Phi) is 3.35. The third-order valence-corrected chi connectivity index (χ3v) is 3.80. The summed E-state index contributed by atoms with van der Waals surface area (Å²) in [6.07, 6.45) is 1.94. The molecule has 0 aromatic heterocycles. The molecular formula is C14H13F3N2O2. The number of hydrogen-bond donors (Lipinski definition) is 0. The van der Waals surface area contributed by atoms with Crippen molar-refractivity contribution in [3.05, 3.63) is 35.1 Å². The van der Waals surface area contributed by atoms with Crippen LogP contribution in [0.25, 0.3) is 0 Å². The lowest BCUT2D eigenvalue weighted by molar-refractivity contribution is -0.135. The fourth-order valence-electron chi connectivity index (χ4n) is 2.49. The monoisotopic (exact) mass is 298 g/mol. The lowest BCUT2D eigenvalue weighted by Crippen LogP contribution is -2.53. The smallest absolute Gasteiger partial charge is 0.257 e. The largest absolute Gasteiger partial charge is 0.336 e. The number of benzene rings is 1. The van der Waals surface area contributed by atoms with Gasteiger partial charge in [-0.3, -0.25) is 9.59 Å². The van der Waals surface area contributed by atoms with Gasteiger partial charge in [-0.2, -0.15) is 0 Å². The number of piperazine rings is 1. The molecule has 1 heterocycles. The molecule has 0 radical (unpaired) electrons. The summed E-state index contributed by atoms with van der Waals surface area (Å²) in [5, 5.41) is 0. The van der Waals surface area contributed by atoms with Crippen LogP contribution in [0.4, 0.5) is 13.2 Å². The first-order chi connectivity index (χ1) is 9.99. The highest BCUT2D eigenvalue weighted by molar-refractivity contribution is 5.97. The van der Waals surface area contributed by atoms with Crippen LogP contribution in [0.5, 0.6) is 0 Å². The molecule has 1 saturated heterocycles. The fraction of sp³-hybridized carbons (Fsp3) is 0.429. The van der Waals surface area contributed by atoms with E-state index in [0.717, 1.165) is 23.8 Å². The molecule has 21 heavy (non-hydrogen) atoms. The maximum absolute atomic E-state index is 13.6. The van der Waals surface area contributed by atoms with Gasteiger partial charge in [-0.1, -0.05) is 0 Å². The van der Waals surface area contributed by atoms with Gasteiger partial charge in [-0.15, -0.1) is 0 Å². The molecule has 2 fully saturated rings. The zero-order valence-electron chi connectivity index (χ0n) is 11.1. The normalized spacial score (nSPS) is 19.1. The summed E-state index contributed by atoms with van der Waals surface area (Å²) in [4.78, 5) is 27.0. The van der Waals surface area contributed by atoms with Crippen LogP contribution in [0, 0.1) is 17.5 Å². The van der Waals surface area contributed by atoms with E-state index in [4.69, 9.17) is 0 Å². The van der Waals surface area contributed by atoms with E-state index in [1.165, 1.54) is 0 Å². The van der Waals surface area contributed by atoms with Gasteiger partial charge in [0.25, 0.3) is 5.91 Å². The lowest BCUT2D eigenvalue weighted by Gasteiger charge is -2.34. The van der Waals surface area contributed by atoms with Gasteiger partial charge in [0.05, 0.1) is 5.56 Å². The second-order valence-electron chi connectivity index (χ2n) is 5.27. The summed E-state index contributed by atoms with van der Waals surface area (Å²) >= 11 is 0. The van der Waals surface area contributed by atoms with Gasteiger partial charge >= 0.3 is 0 Å². The molecule has 1 aliphatic heterocycles. The average Bonchev–Trinajstić information content (AvgIpc) is 3.29. The molecule has 0 spiro atoms. The van der Waals surface area contributed by atoms with E-state index in [2.05, 4.69) is 0 Å². The van der Waals surface area contributed by atoms with Gasteiger partial charge in [0.2, 0.25) is 5.91 Å². The van der Waals surface area contributed by atoms with Gasteiger partial charge in [0.15, 0.2) is 17.5 Å². The van der Waals surface area contributed by atoms with Gasteiger partial charge in [0, 0.05) is 19.1 Å². The lowest BCUT2D eigenvalue weighted by atomic mass is 10.1. The number of nitrogens with zero attached hydrogens (tertiary/aromatic N) is 2. The van der Waals surface area contributed by atoms with Crippen LogP contribution in [0.1, 0.15) is 23.2 Å². The number of carbonyl (C=O) groups excluding carboxylic acids is 2. The number of hydrogen-bond acceptors (Lipinski definition) is 2. The van der Waals surface area contributed by atoms with Crippen molar-refractivity contribution in [2.45, 2.75) is 18.9 Å². The molecule has 0 bridgehead atoms. The molecule has 4 nitrogen and oxygen atoms in total. The van der Waals surface area contributed by atoms with Crippen molar-refractivity contribution in [2.24, 2.45) is 0 Å². The van der Waals surface area contributed by atoms with Crippen LogP contribution < -0.4 is 0 Å². The molecule has 2 amide bonds. The van der Waals surface area contributed by atoms with Crippen molar-refractivity contribution < 1.29 is 22.8 Å². The van der Waals surface area contributed by atoms with E-state index in [1.807, 2.05) is 0 Å². The Morgan fingerprint density at radius 3 is 2.43 bits per heavy atom. The average molecular weight is 298 g/mol. The first-order valence-electron chi connectivity index (χ1n) is 6.71. The maximum Gasteiger partial charge on any atom is 0.257 e. The van der Waals surface area contributed by atoms with Gasteiger partial charge in [0.1, 0.15) is 6.54 Å².